The lowest BCUT2D eigenvalue weighted by atomic mass is 10.2. The van der Waals surface area contributed by atoms with Gasteiger partial charge in [-0.05, 0) is 51.8 Å². The van der Waals surface area contributed by atoms with Gasteiger partial charge in [0.05, 0.1) is 5.69 Å². The standard InChI is InChI=1S/C14H14BrClN2/c1-18(9-10-2-4-11(16)5-3-10)14-7-6-12(17)8-13(14)15/h2-8H,9,17H2,1H3. The number of halogens is 2. The minimum atomic E-state index is 0.755. The molecule has 0 radical (unpaired) electrons. The predicted octanol–water partition coefficient (Wildman–Crippen LogP) is 4.32. The number of nitrogens with zero attached hydrogens (tertiary/aromatic N) is 1. The second-order valence-electron chi connectivity index (χ2n) is 4.19. The van der Waals surface area contributed by atoms with Crippen LogP contribution in [0.4, 0.5) is 11.4 Å². The lowest BCUT2D eigenvalue weighted by Gasteiger charge is -2.21. The highest BCUT2D eigenvalue weighted by Crippen LogP contribution is 2.28. The molecule has 18 heavy (non-hydrogen) atoms. The fourth-order valence-corrected chi connectivity index (χ4v) is 2.61. The third-order valence-electron chi connectivity index (χ3n) is 2.72. The molecule has 0 spiro atoms. The Kier molecular flexibility index (Phi) is 4.15. The van der Waals surface area contributed by atoms with E-state index in [9.17, 15) is 0 Å². The van der Waals surface area contributed by atoms with Gasteiger partial charge in [0.15, 0.2) is 0 Å². The van der Waals surface area contributed by atoms with Gasteiger partial charge in [0.1, 0.15) is 0 Å². The first-order valence-electron chi connectivity index (χ1n) is 5.57. The average Bonchev–Trinajstić information content (AvgIpc) is 2.32. The summed E-state index contributed by atoms with van der Waals surface area (Å²) in [7, 11) is 2.05. The molecular weight excluding hydrogens is 312 g/mol. The number of hydrogen-bond donors (Lipinski definition) is 1. The zero-order chi connectivity index (χ0) is 13.1. The summed E-state index contributed by atoms with van der Waals surface area (Å²) in [6.45, 7) is 0.819. The van der Waals surface area contributed by atoms with Crippen LogP contribution in [0.2, 0.25) is 5.02 Å². The first-order chi connectivity index (χ1) is 8.56. The highest BCUT2D eigenvalue weighted by molar-refractivity contribution is 9.10. The summed E-state index contributed by atoms with van der Waals surface area (Å²) < 4.78 is 0.999. The van der Waals surface area contributed by atoms with Crippen molar-refractivity contribution in [1.29, 1.82) is 0 Å². The maximum Gasteiger partial charge on any atom is 0.0512 e. The van der Waals surface area contributed by atoms with Gasteiger partial charge in [0.25, 0.3) is 0 Å². The minimum absolute atomic E-state index is 0.755. The van der Waals surface area contributed by atoms with Gasteiger partial charge in [0.2, 0.25) is 0 Å². The van der Waals surface area contributed by atoms with Crippen LogP contribution in [0.3, 0.4) is 0 Å². The van der Waals surface area contributed by atoms with E-state index in [-0.39, 0.29) is 0 Å². The van der Waals surface area contributed by atoms with Gasteiger partial charge < -0.3 is 10.6 Å². The third kappa shape index (κ3) is 3.18. The van der Waals surface area contributed by atoms with E-state index in [0.717, 1.165) is 27.4 Å². The molecule has 0 aromatic heterocycles. The molecule has 0 unspecified atom stereocenters. The summed E-state index contributed by atoms with van der Waals surface area (Å²) in [5.41, 5.74) is 8.81. The van der Waals surface area contributed by atoms with Gasteiger partial charge in [-0.15, -0.1) is 0 Å². The summed E-state index contributed by atoms with van der Waals surface area (Å²) in [6.07, 6.45) is 0. The molecule has 2 nitrogen and oxygen atoms in total. The monoisotopic (exact) mass is 324 g/mol. The lowest BCUT2D eigenvalue weighted by Crippen LogP contribution is -2.16. The number of nitrogen functional groups attached to an aromatic ring is 1. The van der Waals surface area contributed by atoms with Crippen LogP contribution in [0, 0.1) is 0 Å². The molecule has 2 rings (SSSR count). The van der Waals surface area contributed by atoms with E-state index in [4.69, 9.17) is 17.3 Å². The molecule has 0 saturated carbocycles. The van der Waals surface area contributed by atoms with Gasteiger partial charge in [-0.2, -0.15) is 0 Å². The predicted molar refractivity (Wildman–Crippen MR) is 82.1 cm³/mol. The molecule has 4 heteroatoms. The van der Waals surface area contributed by atoms with Crippen molar-refractivity contribution in [2.75, 3.05) is 17.7 Å². The highest BCUT2D eigenvalue weighted by atomic mass is 79.9. The van der Waals surface area contributed by atoms with E-state index in [1.165, 1.54) is 5.56 Å². The van der Waals surface area contributed by atoms with E-state index in [2.05, 4.69) is 20.8 Å². The van der Waals surface area contributed by atoms with Crippen LogP contribution in [-0.2, 0) is 6.54 Å². The number of anilines is 2. The molecule has 0 heterocycles. The normalized spacial score (nSPS) is 10.4. The topological polar surface area (TPSA) is 29.3 Å². The van der Waals surface area contributed by atoms with E-state index < -0.39 is 0 Å². The molecule has 2 aromatic carbocycles. The lowest BCUT2D eigenvalue weighted by molar-refractivity contribution is 0.920. The van der Waals surface area contributed by atoms with Crippen molar-refractivity contribution < 1.29 is 0 Å². The molecule has 0 atom stereocenters. The van der Waals surface area contributed by atoms with Crippen LogP contribution in [-0.4, -0.2) is 7.05 Å². The Morgan fingerprint density at radius 3 is 2.44 bits per heavy atom. The van der Waals surface area contributed by atoms with Crippen molar-refractivity contribution in [2.45, 2.75) is 6.54 Å². The molecule has 2 N–H and O–H groups in total. The van der Waals surface area contributed by atoms with Gasteiger partial charge in [0, 0.05) is 28.8 Å². The Morgan fingerprint density at radius 1 is 1.17 bits per heavy atom. The van der Waals surface area contributed by atoms with Crippen molar-refractivity contribution in [3.8, 4) is 0 Å². The minimum Gasteiger partial charge on any atom is -0.399 e. The summed E-state index contributed by atoms with van der Waals surface area (Å²) >= 11 is 9.40. The Bertz CT molecular complexity index is 540. The number of rotatable bonds is 3. The van der Waals surface area contributed by atoms with E-state index in [1.807, 2.05) is 49.5 Å². The second-order valence-corrected chi connectivity index (χ2v) is 5.48. The Hall–Kier alpha value is -1.19. The largest absolute Gasteiger partial charge is 0.399 e. The zero-order valence-corrected chi connectivity index (χ0v) is 12.4. The maximum absolute atomic E-state index is 5.87. The smallest absolute Gasteiger partial charge is 0.0512 e. The molecule has 0 aliphatic carbocycles. The third-order valence-corrected chi connectivity index (χ3v) is 3.60. The van der Waals surface area contributed by atoms with Gasteiger partial charge in [-0.3, -0.25) is 0 Å². The maximum atomic E-state index is 5.87. The first-order valence-corrected chi connectivity index (χ1v) is 6.74. The van der Waals surface area contributed by atoms with Gasteiger partial charge >= 0.3 is 0 Å². The Balaban J connectivity index is 2.16. The van der Waals surface area contributed by atoms with Crippen molar-refractivity contribution in [2.24, 2.45) is 0 Å². The quantitative estimate of drug-likeness (QED) is 0.852. The fourth-order valence-electron chi connectivity index (χ4n) is 1.78. The van der Waals surface area contributed by atoms with Crippen LogP contribution < -0.4 is 10.6 Å². The van der Waals surface area contributed by atoms with Crippen LogP contribution >= 0.6 is 27.5 Å². The summed E-state index contributed by atoms with van der Waals surface area (Å²) in [6, 6.07) is 13.7. The molecule has 94 valence electrons. The van der Waals surface area contributed by atoms with Crippen LogP contribution in [0.1, 0.15) is 5.56 Å². The number of nitrogens with two attached hydrogens (primary N) is 1. The average molecular weight is 326 g/mol. The highest BCUT2D eigenvalue weighted by Gasteiger charge is 2.06. The zero-order valence-electron chi connectivity index (χ0n) is 10.0. The number of hydrogen-bond acceptors (Lipinski definition) is 2. The van der Waals surface area contributed by atoms with Gasteiger partial charge in [-0.1, -0.05) is 23.7 Å². The molecule has 0 fully saturated rings. The van der Waals surface area contributed by atoms with E-state index in [0.29, 0.717) is 0 Å². The van der Waals surface area contributed by atoms with Crippen molar-refractivity contribution in [1.82, 2.24) is 0 Å². The Labute approximate surface area is 120 Å². The molecule has 0 amide bonds. The first kappa shape index (κ1) is 13.2. The van der Waals surface area contributed by atoms with Crippen LogP contribution in [0.15, 0.2) is 46.9 Å². The fraction of sp³-hybridized carbons (Fsp3) is 0.143. The summed E-state index contributed by atoms with van der Waals surface area (Å²) in [4.78, 5) is 2.16. The van der Waals surface area contributed by atoms with Crippen LogP contribution in [0.5, 0.6) is 0 Å². The molecule has 2 aromatic rings. The SMILES string of the molecule is CN(Cc1ccc(Cl)cc1)c1ccc(N)cc1Br. The molecule has 0 bridgehead atoms. The molecule has 0 saturated heterocycles. The van der Waals surface area contributed by atoms with Crippen molar-refractivity contribution in [3.05, 3.63) is 57.5 Å². The van der Waals surface area contributed by atoms with E-state index in [1.54, 1.807) is 0 Å². The molecular formula is C14H14BrClN2. The Morgan fingerprint density at radius 2 is 1.83 bits per heavy atom. The van der Waals surface area contributed by atoms with Crippen molar-refractivity contribution >= 4 is 38.9 Å². The molecule has 0 aliphatic rings. The molecule has 0 aliphatic heterocycles. The van der Waals surface area contributed by atoms with Crippen molar-refractivity contribution in [3.63, 3.8) is 0 Å². The number of benzene rings is 2. The van der Waals surface area contributed by atoms with Crippen LogP contribution in [0.25, 0.3) is 0 Å². The summed E-state index contributed by atoms with van der Waals surface area (Å²) in [5, 5.41) is 0.759. The van der Waals surface area contributed by atoms with E-state index >= 15 is 0 Å². The van der Waals surface area contributed by atoms with Gasteiger partial charge in [-0.25, -0.2) is 0 Å². The second kappa shape index (κ2) is 5.63. The summed E-state index contributed by atoms with van der Waals surface area (Å²) in [5.74, 6) is 0.